The molecule has 14 heavy (non-hydrogen) atoms. The zero-order valence-corrected chi connectivity index (χ0v) is 11.3. The minimum Gasteiger partial charge on any atom is -0.415 e. The molecule has 0 aromatic rings. The fraction of sp³-hybridized carbons (Fsp3) is 1.00. The summed E-state index contributed by atoms with van der Waals surface area (Å²) < 4.78 is 11.1. The highest BCUT2D eigenvalue weighted by molar-refractivity contribution is 6.69. The molecule has 0 atom stereocenters. The largest absolute Gasteiger partial charge is 0.415 e. The van der Waals surface area contributed by atoms with Crippen LogP contribution in [-0.2, 0) is 9.16 Å². The second-order valence-corrected chi connectivity index (χ2v) is 9.15. The molecule has 0 saturated carbocycles. The SMILES string of the molecule is CCCCCCOCCO[Si](C)(C)C. The molecule has 0 aliphatic heterocycles. The normalized spacial score (nSPS) is 12.0. The number of ether oxygens (including phenoxy) is 1. The predicted octanol–water partition coefficient (Wildman–Crippen LogP) is 3.43. The van der Waals surface area contributed by atoms with E-state index in [1.165, 1.54) is 25.7 Å². The first kappa shape index (κ1) is 14.1. The number of rotatable bonds is 9. The third-order valence-corrected chi connectivity index (χ3v) is 2.98. The first-order chi connectivity index (χ1) is 6.56. The molecule has 0 aromatic carbocycles. The number of hydrogen-bond donors (Lipinski definition) is 0. The molecule has 0 bridgehead atoms. The summed E-state index contributed by atoms with van der Waals surface area (Å²) in [5.74, 6) is 0. The van der Waals surface area contributed by atoms with Gasteiger partial charge in [-0.25, -0.2) is 0 Å². The van der Waals surface area contributed by atoms with Crippen molar-refractivity contribution < 1.29 is 9.16 Å². The maximum Gasteiger partial charge on any atom is 0.183 e. The minimum atomic E-state index is -1.32. The van der Waals surface area contributed by atoms with Crippen molar-refractivity contribution in [2.75, 3.05) is 19.8 Å². The van der Waals surface area contributed by atoms with Crippen molar-refractivity contribution in [2.45, 2.75) is 52.2 Å². The third-order valence-electron chi connectivity index (χ3n) is 1.90. The lowest BCUT2D eigenvalue weighted by Crippen LogP contribution is -2.27. The first-order valence-electron chi connectivity index (χ1n) is 5.78. The van der Waals surface area contributed by atoms with Crippen molar-refractivity contribution in [1.29, 1.82) is 0 Å². The van der Waals surface area contributed by atoms with Crippen LogP contribution >= 0.6 is 0 Å². The van der Waals surface area contributed by atoms with E-state index in [0.29, 0.717) is 0 Å². The molecule has 0 aliphatic carbocycles. The average Bonchev–Trinajstić information content (AvgIpc) is 2.08. The zero-order chi connectivity index (χ0) is 10.9. The number of unbranched alkanes of at least 4 members (excludes halogenated alkanes) is 3. The molecule has 0 amide bonds. The van der Waals surface area contributed by atoms with E-state index in [1.807, 2.05) is 0 Å². The third kappa shape index (κ3) is 12.1. The van der Waals surface area contributed by atoms with Crippen LogP contribution in [0.1, 0.15) is 32.6 Å². The summed E-state index contributed by atoms with van der Waals surface area (Å²) >= 11 is 0. The summed E-state index contributed by atoms with van der Waals surface area (Å²) in [7, 11) is -1.32. The van der Waals surface area contributed by atoms with Crippen molar-refractivity contribution in [3.63, 3.8) is 0 Å². The van der Waals surface area contributed by atoms with Crippen LogP contribution in [0.25, 0.3) is 0 Å². The van der Waals surface area contributed by atoms with Crippen molar-refractivity contribution >= 4 is 8.32 Å². The molecule has 86 valence electrons. The summed E-state index contributed by atoms with van der Waals surface area (Å²) in [6, 6.07) is 0. The molecule has 0 rings (SSSR count). The van der Waals surface area contributed by atoms with Gasteiger partial charge >= 0.3 is 0 Å². The maximum atomic E-state index is 5.67. The Morgan fingerprint density at radius 3 is 2.14 bits per heavy atom. The highest BCUT2D eigenvalue weighted by Crippen LogP contribution is 2.02. The van der Waals surface area contributed by atoms with Gasteiger partial charge in [-0.15, -0.1) is 0 Å². The van der Waals surface area contributed by atoms with Gasteiger partial charge < -0.3 is 9.16 Å². The standard InChI is InChI=1S/C11H26O2Si/c1-5-6-7-8-9-12-10-11-13-14(2,3)4/h5-11H2,1-4H3. The summed E-state index contributed by atoms with van der Waals surface area (Å²) in [4.78, 5) is 0. The Hall–Kier alpha value is 0.137. The fourth-order valence-corrected chi connectivity index (χ4v) is 1.84. The highest BCUT2D eigenvalue weighted by Gasteiger charge is 2.12. The second kappa shape index (κ2) is 8.45. The Kier molecular flexibility index (Phi) is 8.53. The van der Waals surface area contributed by atoms with Gasteiger partial charge in [0, 0.05) is 6.61 Å². The minimum absolute atomic E-state index is 0.760. The van der Waals surface area contributed by atoms with E-state index < -0.39 is 8.32 Å². The smallest absolute Gasteiger partial charge is 0.183 e. The van der Waals surface area contributed by atoms with Gasteiger partial charge in [0.25, 0.3) is 0 Å². The molecule has 0 heterocycles. The fourth-order valence-electron chi connectivity index (χ4n) is 1.14. The average molecular weight is 218 g/mol. The quantitative estimate of drug-likeness (QED) is 0.436. The molecule has 0 fully saturated rings. The molecule has 0 saturated heterocycles. The van der Waals surface area contributed by atoms with Crippen LogP contribution in [0.15, 0.2) is 0 Å². The van der Waals surface area contributed by atoms with Crippen molar-refractivity contribution in [1.82, 2.24) is 0 Å². The predicted molar refractivity (Wildman–Crippen MR) is 64.3 cm³/mol. The van der Waals surface area contributed by atoms with Gasteiger partial charge in [-0.1, -0.05) is 26.2 Å². The van der Waals surface area contributed by atoms with Gasteiger partial charge in [-0.3, -0.25) is 0 Å². The molecule has 2 nitrogen and oxygen atoms in total. The van der Waals surface area contributed by atoms with Gasteiger partial charge in [-0.05, 0) is 26.1 Å². The Balaban J connectivity index is 2.99. The summed E-state index contributed by atoms with van der Waals surface area (Å²) in [5.41, 5.74) is 0. The topological polar surface area (TPSA) is 18.5 Å². The molecule has 0 unspecified atom stereocenters. The first-order valence-corrected chi connectivity index (χ1v) is 9.19. The molecule has 3 heteroatoms. The van der Waals surface area contributed by atoms with Gasteiger partial charge in [0.15, 0.2) is 8.32 Å². The van der Waals surface area contributed by atoms with E-state index in [1.54, 1.807) is 0 Å². The van der Waals surface area contributed by atoms with Crippen LogP contribution in [0.5, 0.6) is 0 Å². The van der Waals surface area contributed by atoms with E-state index in [0.717, 1.165) is 19.8 Å². The summed E-state index contributed by atoms with van der Waals surface area (Å²) in [6.07, 6.45) is 5.11. The van der Waals surface area contributed by atoms with Gasteiger partial charge in [0.1, 0.15) is 0 Å². The van der Waals surface area contributed by atoms with E-state index >= 15 is 0 Å². The van der Waals surface area contributed by atoms with E-state index in [2.05, 4.69) is 26.6 Å². The van der Waals surface area contributed by atoms with E-state index in [4.69, 9.17) is 9.16 Å². The maximum absolute atomic E-state index is 5.67. The zero-order valence-electron chi connectivity index (χ0n) is 10.3. The Bertz CT molecular complexity index is 121. The van der Waals surface area contributed by atoms with Crippen LogP contribution in [0.4, 0.5) is 0 Å². The van der Waals surface area contributed by atoms with Crippen LogP contribution in [0.2, 0.25) is 19.6 Å². The van der Waals surface area contributed by atoms with Crippen LogP contribution < -0.4 is 0 Å². The van der Waals surface area contributed by atoms with E-state index in [-0.39, 0.29) is 0 Å². The molecule has 0 aromatic heterocycles. The Morgan fingerprint density at radius 2 is 1.57 bits per heavy atom. The van der Waals surface area contributed by atoms with E-state index in [9.17, 15) is 0 Å². The molecule has 0 spiro atoms. The molecular weight excluding hydrogens is 192 g/mol. The van der Waals surface area contributed by atoms with Crippen molar-refractivity contribution in [3.05, 3.63) is 0 Å². The van der Waals surface area contributed by atoms with Gasteiger partial charge in [0.05, 0.1) is 13.2 Å². The second-order valence-electron chi connectivity index (χ2n) is 4.63. The molecular formula is C11H26O2Si. The monoisotopic (exact) mass is 218 g/mol. The Morgan fingerprint density at radius 1 is 0.857 bits per heavy atom. The summed E-state index contributed by atoms with van der Waals surface area (Å²) in [5, 5.41) is 0. The lowest BCUT2D eigenvalue weighted by molar-refractivity contribution is 0.0950. The van der Waals surface area contributed by atoms with Crippen LogP contribution in [-0.4, -0.2) is 28.1 Å². The Labute approximate surface area is 90.1 Å². The van der Waals surface area contributed by atoms with Crippen molar-refractivity contribution in [3.8, 4) is 0 Å². The molecule has 0 N–H and O–H groups in total. The van der Waals surface area contributed by atoms with Crippen molar-refractivity contribution in [2.24, 2.45) is 0 Å². The molecule has 0 aliphatic rings. The molecule has 0 radical (unpaired) electrons. The van der Waals surface area contributed by atoms with Crippen LogP contribution in [0.3, 0.4) is 0 Å². The lowest BCUT2D eigenvalue weighted by atomic mass is 10.2. The summed E-state index contributed by atoms with van der Waals surface area (Å²) in [6.45, 7) is 11.3. The van der Waals surface area contributed by atoms with Crippen LogP contribution in [0, 0.1) is 0 Å². The lowest BCUT2D eigenvalue weighted by Gasteiger charge is -2.16. The highest BCUT2D eigenvalue weighted by atomic mass is 28.4. The number of hydrogen-bond acceptors (Lipinski definition) is 2. The van der Waals surface area contributed by atoms with Gasteiger partial charge in [-0.2, -0.15) is 0 Å². The van der Waals surface area contributed by atoms with Gasteiger partial charge in [0.2, 0.25) is 0 Å².